The van der Waals surface area contributed by atoms with E-state index in [9.17, 15) is 0 Å². The highest BCUT2D eigenvalue weighted by Crippen LogP contribution is 2.29. The van der Waals surface area contributed by atoms with Gasteiger partial charge in [-0.3, -0.25) is 4.90 Å². The molecule has 0 spiro atoms. The average Bonchev–Trinajstić information content (AvgIpc) is 2.95. The predicted molar refractivity (Wildman–Crippen MR) is 57.8 cm³/mol. The number of rotatable bonds is 7. The lowest BCUT2D eigenvalue weighted by Gasteiger charge is -2.29. The second-order valence-electron chi connectivity index (χ2n) is 4.09. The first kappa shape index (κ1) is 11.0. The summed E-state index contributed by atoms with van der Waals surface area (Å²) in [5.41, 5.74) is 5.81. The molecule has 2 nitrogen and oxygen atoms in total. The Morgan fingerprint density at radius 1 is 1.38 bits per heavy atom. The molecule has 0 bridgehead atoms. The number of unbranched alkanes of at least 4 members (excludes halogenated alkanes) is 1. The number of nitrogens with zero attached hydrogens (tertiary/aromatic N) is 1. The van der Waals surface area contributed by atoms with Crippen LogP contribution in [0, 0.1) is 0 Å². The van der Waals surface area contributed by atoms with Gasteiger partial charge in [0.25, 0.3) is 0 Å². The van der Waals surface area contributed by atoms with Crippen LogP contribution in [0.1, 0.15) is 46.0 Å². The Balaban J connectivity index is 2.32. The molecular weight excluding hydrogens is 160 g/mol. The van der Waals surface area contributed by atoms with E-state index in [1.54, 1.807) is 0 Å². The number of hydrogen-bond acceptors (Lipinski definition) is 2. The largest absolute Gasteiger partial charge is 0.329 e. The Morgan fingerprint density at radius 2 is 2.08 bits per heavy atom. The van der Waals surface area contributed by atoms with E-state index in [0.717, 1.165) is 12.6 Å². The van der Waals surface area contributed by atoms with Crippen molar-refractivity contribution >= 4 is 0 Å². The minimum atomic E-state index is 0.650. The maximum absolute atomic E-state index is 5.81. The summed E-state index contributed by atoms with van der Waals surface area (Å²) < 4.78 is 0. The van der Waals surface area contributed by atoms with Crippen molar-refractivity contribution in [2.24, 2.45) is 5.73 Å². The molecule has 1 unspecified atom stereocenters. The Hall–Kier alpha value is -0.0800. The van der Waals surface area contributed by atoms with Crippen molar-refractivity contribution < 1.29 is 0 Å². The summed E-state index contributed by atoms with van der Waals surface area (Å²) in [4.78, 5) is 2.61. The van der Waals surface area contributed by atoms with Crippen molar-refractivity contribution in [1.29, 1.82) is 0 Å². The molecule has 2 heteroatoms. The Kier molecular flexibility index (Phi) is 4.74. The average molecular weight is 184 g/mol. The third kappa shape index (κ3) is 3.28. The molecule has 1 aliphatic rings. The van der Waals surface area contributed by atoms with Gasteiger partial charge in [0, 0.05) is 18.6 Å². The maximum Gasteiger partial charge on any atom is 0.0221 e. The topological polar surface area (TPSA) is 29.3 Å². The van der Waals surface area contributed by atoms with Crippen LogP contribution >= 0.6 is 0 Å². The van der Waals surface area contributed by atoms with E-state index in [1.807, 2.05) is 0 Å². The molecule has 0 heterocycles. The van der Waals surface area contributed by atoms with Gasteiger partial charge < -0.3 is 5.73 Å². The van der Waals surface area contributed by atoms with Gasteiger partial charge in [-0.1, -0.05) is 26.7 Å². The van der Waals surface area contributed by atoms with Crippen LogP contribution < -0.4 is 5.73 Å². The zero-order valence-electron chi connectivity index (χ0n) is 9.13. The van der Waals surface area contributed by atoms with Crippen LogP contribution in [0.5, 0.6) is 0 Å². The molecule has 13 heavy (non-hydrogen) atoms. The van der Waals surface area contributed by atoms with E-state index >= 15 is 0 Å². The van der Waals surface area contributed by atoms with Crippen LogP contribution in [-0.2, 0) is 0 Å². The van der Waals surface area contributed by atoms with E-state index in [2.05, 4.69) is 18.7 Å². The van der Waals surface area contributed by atoms with Gasteiger partial charge in [-0.15, -0.1) is 0 Å². The van der Waals surface area contributed by atoms with Crippen molar-refractivity contribution in [3.8, 4) is 0 Å². The van der Waals surface area contributed by atoms with E-state index < -0.39 is 0 Å². The Morgan fingerprint density at radius 3 is 2.46 bits per heavy atom. The quantitative estimate of drug-likeness (QED) is 0.655. The molecule has 0 saturated heterocycles. The van der Waals surface area contributed by atoms with E-state index in [0.29, 0.717) is 6.04 Å². The number of hydrogen-bond donors (Lipinski definition) is 1. The maximum atomic E-state index is 5.81. The lowest BCUT2D eigenvalue weighted by atomic mass is 10.1. The molecule has 2 N–H and O–H groups in total. The molecule has 0 radical (unpaired) electrons. The molecule has 0 aromatic rings. The smallest absolute Gasteiger partial charge is 0.0221 e. The summed E-state index contributed by atoms with van der Waals surface area (Å²) in [5, 5.41) is 0. The predicted octanol–water partition coefficient (Wildman–Crippen LogP) is 1.99. The second-order valence-corrected chi connectivity index (χ2v) is 4.09. The van der Waals surface area contributed by atoms with Gasteiger partial charge in [0.2, 0.25) is 0 Å². The lowest BCUT2D eigenvalue weighted by Crippen LogP contribution is -2.41. The van der Waals surface area contributed by atoms with E-state index in [-0.39, 0.29) is 0 Å². The SMILES string of the molecule is CCCCC(CN)N(CC)C1CC1. The van der Waals surface area contributed by atoms with Crippen molar-refractivity contribution in [2.75, 3.05) is 13.1 Å². The molecule has 1 atom stereocenters. The first-order valence-electron chi connectivity index (χ1n) is 5.79. The van der Waals surface area contributed by atoms with Gasteiger partial charge in [0.1, 0.15) is 0 Å². The molecular formula is C11H24N2. The fraction of sp³-hybridized carbons (Fsp3) is 1.00. The highest BCUT2D eigenvalue weighted by atomic mass is 15.2. The summed E-state index contributed by atoms with van der Waals surface area (Å²) in [6.45, 7) is 6.52. The molecule has 1 saturated carbocycles. The van der Waals surface area contributed by atoms with Gasteiger partial charge in [-0.2, -0.15) is 0 Å². The monoisotopic (exact) mass is 184 g/mol. The number of likely N-dealkylation sites (N-methyl/N-ethyl adjacent to an activating group) is 1. The zero-order chi connectivity index (χ0) is 9.68. The minimum absolute atomic E-state index is 0.650. The van der Waals surface area contributed by atoms with Gasteiger partial charge >= 0.3 is 0 Å². The van der Waals surface area contributed by atoms with E-state index in [1.165, 1.54) is 38.6 Å². The summed E-state index contributed by atoms with van der Waals surface area (Å²) in [6, 6.07) is 1.52. The second kappa shape index (κ2) is 5.61. The zero-order valence-corrected chi connectivity index (χ0v) is 9.13. The Bertz CT molecular complexity index is 132. The third-order valence-corrected chi connectivity index (χ3v) is 3.01. The molecule has 0 aliphatic heterocycles. The third-order valence-electron chi connectivity index (χ3n) is 3.01. The summed E-state index contributed by atoms with van der Waals surface area (Å²) in [7, 11) is 0. The molecule has 0 aromatic carbocycles. The highest BCUT2D eigenvalue weighted by Gasteiger charge is 2.31. The summed E-state index contributed by atoms with van der Waals surface area (Å²) >= 11 is 0. The first-order valence-corrected chi connectivity index (χ1v) is 5.79. The van der Waals surface area contributed by atoms with Crippen LogP contribution in [0.15, 0.2) is 0 Å². The van der Waals surface area contributed by atoms with Crippen molar-refractivity contribution in [3.63, 3.8) is 0 Å². The molecule has 78 valence electrons. The lowest BCUT2D eigenvalue weighted by molar-refractivity contribution is 0.188. The molecule has 1 aliphatic carbocycles. The van der Waals surface area contributed by atoms with Gasteiger partial charge in [0.05, 0.1) is 0 Å². The summed E-state index contributed by atoms with van der Waals surface area (Å²) in [6.07, 6.45) is 6.70. The fourth-order valence-corrected chi connectivity index (χ4v) is 2.08. The standard InChI is InChI=1S/C11H24N2/c1-3-5-6-11(9-12)13(4-2)10-7-8-10/h10-11H,3-9,12H2,1-2H3. The van der Waals surface area contributed by atoms with Crippen molar-refractivity contribution in [3.05, 3.63) is 0 Å². The van der Waals surface area contributed by atoms with Crippen LogP contribution in [0.3, 0.4) is 0 Å². The first-order chi connectivity index (χ1) is 6.33. The molecule has 1 rings (SSSR count). The van der Waals surface area contributed by atoms with Gasteiger partial charge in [-0.05, 0) is 25.8 Å². The molecule has 0 aromatic heterocycles. The molecule has 1 fully saturated rings. The van der Waals surface area contributed by atoms with Gasteiger partial charge in [0.15, 0.2) is 0 Å². The van der Waals surface area contributed by atoms with Crippen molar-refractivity contribution in [1.82, 2.24) is 4.90 Å². The fourth-order valence-electron chi connectivity index (χ4n) is 2.08. The van der Waals surface area contributed by atoms with Crippen LogP contribution in [0.2, 0.25) is 0 Å². The molecule has 0 amide bonds. The van der Waals surface area contributed by atoms with Crippen LogP contribution in [-0.4, -0.2) is 30.1 Å². The van der Waals surface area contributed by atoms with Crippen LogP contribution in [0.4, 0.5) is 0 Å². The highest BCUT2D eigenvalue weighted by molar-refractivity contribution is 4.88. The number of nitrogens with two attached hydrogens (primary N) is 1. The van der Waals surface area contributed by atoms with Crippen LogP contribution in [0.25, 0.3) is 0 Å². The summed E-state index contributed by atoms with van der Waals surface area (Å²) in [5.74, 6) is 0. The normalized spacial score (nSPS) is 19.4. The minimum Gasteiger partial charge on any atom is -0.329 e. The van der Waals surface area contributed by atoms with E-state index in [4.69, 9.17) is 5.73 Å². The Labute approximate surface area is 82.5 Å². The van der Waals surface area contributed by atoms with Gasteiger partial charge in [-0.25, -0.2) is 0 Å². The van der Waals surface area contributed by atoms with Crippen molar-refractivity contribution in [2.45, 2.75) is 58.0 Å².